The highest BCUT2D eigenvalue weighted by Crippen LogP contribution is 2.54. The third kappa shape index (κ3) is 2.03. The topological polar surface area (TPSA) is 72.8 Å². The number of fused-ring (bicyclic) bond motifs is 2. The molecule has 2 aliphatic carbocycles. The second kappa shape index (κ2) is 4.81. The van der Waals surface area contributed by atoms with Gasteiger partial charge in [-0.1, -0.05) is 25.3 Å². The maximum absolute atomic E-state index is 11.7. The van der Waals surface area contributed by atoms with E-state index in [2.05, 4.69) is 19.7 Å². The Morgan fingerprint density at radius 3 is 2.73 bits per heavy atom. The van der Waals surface area contributed by atoms with Gasteiger partial charge in [-0.3, -0.25) is 4.79 Å². The van der Waals surface area contributed by atoms with Crippen LogP contribution in [0.4, 0.5) is 0 Å². The summed E-state index contributed by atoms with van der Waals surface area (Å²) < 4.78 is 10.6. The minimum atomic E-state index is -1.24. The summed E-state index contributed by atoms with van der Waals surface area (Å²) in [4.78, 5) is 23.0. The standard InChI is InChI=1S/C17H20O5/c1-8-5-15-12(9(2)16(19)22-15)7-17(20)10(3)14(6-13(8)17)21-11(4)18/h12-15,20H,1-3,5-7H2,4H3/t12-,13+,14-,15-,17-/m1/s1. The maximum Gasteiger partial charge on any atom is 0.334 e. The van der Waals surface area contributed by atoms with E-state index >= 15 is 0 Å². The van der Waals surface area contributed by atoms with Gasteiger partial charge in [-0.05, 0) is 18.4 Å². The Morgan fingerprint density at radius 1 is 1.41 bits per heavy atom. The van der Waals surface area contributed by atoms with E-state index in [0.717, 1.165) is 5.57 Å². The molecule has 1 saturated heterocycles. The zero-order valence-corrected chi connectivity index (χ0v) is 12.6. The fourth-order valence-electron chi connectivity index (χ4n) is 4.00. The molecule has 3 fully saturated rings. The lowest BCUT2D eigenvalue weighted by atomic mass is 9.79. The van der Waals surface area contributed by atoms with Gasteiger partial charge in [-0.2, -0.15) is 0 Å². The third-order valence-electron chi connectivity index (χ3n) is 5.18. The van der Waals surface area contributed by atoms with Gasteiger partial charge >= 0.3 is 11.9 Å². The molecule has 1 heterocycles. The van der Waals surface area contributed by atoms with Crippen LogP contribution in [0.5, 0.6) is 0 Å². The maximum atomic E-state index is 11.7. The van der Waals surface area contributed by atoms with Crippen molar-refractivity contribution in [3.8, 4) is 0 Å². The summed E-state index contributed by atoms with van der Waals surface area (Å²) in [5.41, 5.74) is 0.415. The Hall–Kier alpha value is -1.88. The lowest BCUT2D eigenvalue weighted by Crippen LogP contribution is -2.37. The van der Waals surface area contributed by atoms with Crippen LogP contribution in [-0.2, 0) is 19.1 Å². The van der Waals surface area contributed by atoms with Crippen LogP contribution < -0.4 is 0 Å². The van der Waals surface area contributed by atoms with Gasteiger partial charge in [0.05, 0.1) is 5.60 Å². The molecule has 0 spiro atoms. The smallest absolute Gasteiger partial charge is 0.334 e. The third-order valence-corrected chi connectivity index (χ3v) is 5.18. The first-order valence-corrected chi connectivity index (χ1v) is 7.40. The molecule has 3 rings (SSSR count). The predicted octanol–water partition coefficient (Wildman–Crippen LogP) is 1.67. The largest absolute Gasteiger partial charge is 0.458 e. The minimum absolute atomic E-state index is 0.249. The van der Waals surface area contributed by atoms with Gasteiger partial charge in [0.25, 0.3) is 0 Å². The highest BCUT2D eigenvalue weighted by molar-refractivity contribution is 5.91. The zero-order valence-electron chi connectivity index (χ0n) is 12.6. The van der Waals surface area contributed by atoms with E-state index in [1.54, 1.807) is 0 Å². The molecule has 0 unspecified atom stereocenters. The Morgan fingerprint density at radius 2 is 2.09 bits per heavy atom. The van der Waals surface area contributed by atoms with Crippen molar-refractivity contribution in [3.63, 3.8) is 0 Å². The van der Waals surface area contributed by atoms with E-state index in [1.165, 1.54) is 6.92 Å². The van der Waals surface area contributed by atoms with Crippen molar-refractivity contribution in [1.82, 2.24) is 0 Å². The van der Waals surface area contributed by atoms with Crippen molar-refractivity contribution in [3.05, 3.63) is 36.5 Å². The average molecular weight is 304 g/mol. The van der Waals surface area contributed by atoms with Crippen LogP contribution in [0.2, 0.25) is 0 Å². The summed E-state index contributed by atoms with van der Waals surface area (Å²) in [6.45, 7) is 13.1. The number of hydrogen-bond donors (Lipinski definition) is 1. The molecular formula is C17H20O5. The van der Waals surface area contributed by atoms with E-state index in [1.807, 2.05) is 0 Å². The minimum Gasteiger partial charge on any atom is -0.458 e. The van der Waals surface area contributed by atoms with Crippen LogP contribution in [0.1, 0.15) is 26.2 Å². The summed E-state index contributed by atoms with van der Waals surface area (Å²) in [5.74, 6) is -1.32. The molecular weight excluding hydrogens is 284 g/mol. The molecule has 1 aliphatic heterocycles. The van der Waals surface area contributed by atoms with Crippen molar-refractivity contribution in [1.29, 1.82) is 0 Å². The first kappa shape index (κ1) is 15.0. The van der Waals surface area contributed by atoms with Crippen LogP contribution >= 0.6 is 0 Å². The molecule has 3 aliphatic rings. The molecule has 0 amide bonds. The first-order chi connectivity index (χ1) is 10.2. The van der Waals surface area contributed by atoms with Crippen molar-refractivity contribution >= 4 is 11.9 Å². The van der Waals surface area contributed by atoms with E-state index in [4.69, 9.17) is 9.47 Å². The van der Waals surface area contributed by atoms with E-state index in [-0.39, 0.29) is 17.9 Å². The Kier molecular flexibility index (Phi) is 3.29. The molecule has 0 radical (unpaired) electrons. The van der Waals surface area contributed by atoms with Gasteiger partial charge < -0.3 is 14.6 Å². The van der Waals surface area contributed by atoms with Crippen molar-refractivity contribution < 1.29 is 24.2 Å². The number of hydrogen-bond acceptors (Lipinski definition) is 5. The van der Waals surface area contributed by atoms with Gasteiger partial charge in [0, 0.05) is 30.8 Å². The summed E-state index contributed by atoms with van der Waals surface area (Å²) >= 11 is 0. The van der Waals surface area contributed by atoms with Gasteiger partial charge in [-0.25, -0.2) is 4.79 Å². The number of aliphatic hydroxyl groups is 1. The second-order valence-electron chi connectivity index (χ2n) is 6.48. The molecule has 5 nitrogen and oxygen atoms in total. The Labute approximate surface area is 129 Å². The molecule has 2 saturated carbocycles. The van der Waals surface area contributed by atoms with Crippen LogP contribution in [0, 0.1) is 11.8 Å². The molecule has 5 heteroatoms. The first-order valence-electron chi connectivity index (χ1n) is 7.40. The van der Waals surface area contributed by atoms with E-state index in [9.17, 15) is 14.7 Å². The molecule has 1 N–H and O–H groups in total. The number of esters is 2. The molecule has 22 heavy (non-hydrogen) atoms. The number of rotatable bonds is 1. The lowest BCUT2D eigenvalue weighted by Gasteiger charge is -2.31. The predicted molar refractivity (Wildman–Crippen MR) is 78.6 cm³/mol. The van der Waals surface area contributed by atoms with Crippen LogP contribution in [0.15, 0.2) is 36.5 Å². The monoisotopic (exact) mass is 304 g/mol. The number of carbonyl (C=O) groups is 2. The lowest BCUT2D eigenvalue weighted by molar-refractivity contribution is -0.144. The molecule has 0 aromatic heterocycles. The summed E-state index contributed by atoms with van der Waals surface area (Å²) in [5, 5.41) is 11.2. The second-order valence-corrected chi connectivity index (χ2v) is 6.48. The molecule has 0 aromatic rings. The quantitative estimate of drug-likeness (QED) is 0.453. The SMILES string of the molecule is C=C1C(=O)O[C@@H]2CC(=C)[C@@H]3C[C@@H](OC(C)=O)C(=C)[C@]3(O)C[C@H]12. The Balaban J connectivity index is 1.94. The van der Waals surface area contributed by atoms with Gasteiger partial charge in [0.2, 0.25) is 0 Å². The normalized spacial score (nSPS) is 40.8. The highest BCUT2D eigenvalue weighted by atomic mass is 16.6. The highest BCUT2D eigenvalue weighted by Gasteiger charge is 2.57. The van der Waals surface area contributed by atoms with Crippen molar-refractivity contribution in [2.24, 2.45) is 11.8 Å². The van der Waals surface area contributed by atoms with Gasteiger partial charge in [-0.15, -0.1) is 0 Å². The zero-order chi connectivity index (χ0) is 16.2. The number of carbonyl (C=O) groups excluding carboxylic acids is 2. The van der Waals surface area contributed by atoms with Crippen LogP contribution in [-0.4, -0.2) is 34.9 Å². The average Bonchev–Trinajstić information content (AvgIpc) is 2.77. The summed E-state index contributed by atoms with van der Waals surface area (Å²) in [6, 6.07) is 0. The number of ether oxygens (including phenoxy) is 2. The molecule has 0 aromatic carbocycles. The van der Waals surface area contributed by atoms with Crippen molar-refractivity contribution in [2.45, 2.75) is 44.0 Å². The van der Waals surface area contributed by atoms with Crippen LogP contribution in [0.25, 0.3) is 0 Å². The summed E-state index contributed by atoms with van der Waals surface area (Å²) in [6.07, 6.45) is 0.410. The molecule has 5 atom stereocenters. The molecule has 118 valence electrons. The van der Waals surface area contributed by atoms with Gasteiger partial charge in [0.15, 0.2) is 0 Å². The van der Waals surface area contributed by atoms with Crippen molar-refractivity contribution in [2.75, 3.05) is 0 Å². The fraction of sp³-hybridized carbons (Fsp3) is 0.529. The molecule has 0 bridgehead atoms. The van der Waals surface area contributed by atoms with Crippen LogP contribution in [0.3, 0.4) is 0 Å². The summed E-state index contributed by atoms with van der Waals surface area (Å²) in [7, 11) is 0. The Bertz CT molecular complexity index is 604. The van der Waals surface area contributed by atoms with Gasteiger partial charge in [0.1, 0.15) is 12.2 Å². The fourth-order valence-corrected chi connectivity index (χ4v) is 4.00. The van der Waals surface area contributed by atoms with E-state index < -0.39 is 23.6 Å². The van der Waals surface area contributed by atoms with E-state index in [0.29, 0.717) is 30.4 Å².